The number of hydrogen-bond donors (Lipinski definition) is 2. The number of amides is 1. The van der Waals surface area contributed by atoms with Gasteiger partial charge in [-0.2, -0.15) is 0 Å². The van der Waals surface area contributed by atoms with E-state index in [4.69, 9.17) is 0 Å². The Morgan fingerprint density at radius 1 is 1.38 bits per heavy atom. The molecule has 1 aliphatic carbocycles. The molecule has 0 aromatic heterocycles. The van der Waals surface area contributed by atoms with E-state index in [1.54, 1.807) is 0 Å². The van der Waals surface area contributed by atoms with E-state index in [2.05, 4.69) is 38.3 Å². The zero-order valence-electron chi connectivity index (χ0n) is 11.0. The van der Waals surface area contributed by atoms with Gasteiger partial charge >= 0.3 is 0 Å². The van der Waals surface area contributed by atoms with Crippen LogP contribution in [0.25, 0.3) is 0 Å². The molecule has 0 aliphatic heterocycles. The monoisotopic (exact) mass is 226 g/mol. The van der Waals surface area contributed by atoms with Crippen LogP contribution in [0.4, 0.5) is 0 Å². The van der Waals surface area contributed by atoms with Gasteiger partial charge in [-0.15, -0.1) is 0 Å². The first kappa shape index (κ1) is 13.5. The Morgan fingerprint density at radius 2 is 2.06 bits per heavy atom. The van der Waals surface area contributed by atoms with Crippen LogP contribution in [0.15, 0.2) is 0 Å². The largest absolute Gasteiger partial charge is 0.353 e. The van der Waals surface area contributed by atoms with Gasteiger partial charge in [0.25, 0.3) is 0 Å². The van der Waals surface area contributed by atoms with Crippen molar-refractivity contribution in [2.24, 2.45) is 11.8 Å². The molecule has 3 heteroatoms. The summed E-state index contributed by atoms with van der Waals surface area (Å²) < 4.78 is 0. The Bertz CT molecular complexity index is 230. The summed E-state index contributed by atoms with van der Waals surface area (Å²) in [6.07, 6.45) is 2.98. The summed E-state index contributed by atoms with van der Waals surface area (Å²) in [6, 6.07) is 0.676. The third-order valence-electron chi connectivity index (χ3n) is 3.86. The second-order valence-electron chi connectivity index (χ2n) is 5.25. The van der Waals surface area contributed by atoms with E-state index >= 15 is 0 Å². The Hall–Kier alpha value is -0.570. The van der Waals surface area contributed by atoms with Crippen LogP contribution in [0.3, 0.4) is 0 Å². The van der Waals surface area contributed by atoms with Crippen molar-refractivity contribution in [3.8, 4) is 0 Å². The fraction of sp³-hybridized carbons (Fsp3) is 0.923. The fourth-order valence-corrected chi connectivity index (χ4v) is 2.53. The molecule has 1 rings (SSSR count). The maximum absolute atomic E-state index is 11.8. The van der Waals surface area contributed by atoms with E-state index < -0.39 is 0 Å². The molecule has 0 aromatic rings. The highest BCUT2D eigenvalue weighted by Gasteiger charge is 2.30. The molecule has 0 saturated heterocycles. The van der Waals surface area contributed by atoms with E-state index in [9.17, 15) is 4.79 Å². The van der Waals surface area contributed by atoms with Crippen LogP contribution in [0, 0.1) is 11.8 Å². The van der Waals surface area contributed by atoms with Crippen LogP contribution < -0.4 is 10.6 Å². The molecule has 1 saturated carbocycles. The van der Waals surface area contributed by atoms with Crippen molar-refractivity contribution < 1.29 is 4.79 Å². The molecule has 0 aromatic carbocycles. The van der Waals surface area contributed by atoms with Gasteiger partial charge in [0.1, 0.15) is 0 Å². The third kappa shape index (κ3) is 3.78. The zero-order valence-corrected chi connectivity index (χ0v) is 11.0. The third-order valence-corrected chi connectivity index (χ3v) is 3.86. The van der Waals surface area contributed by atoms with Crippen molar-refractivity contribution in [1.82, 2.24) is 10.6 Å². The minimum Gasteiger partial charge on any atom is -0.353 e. The summed E-state index contributed by atoms with van der Waals surface area (Å²) in [7, 11) is 0. The Kier molecular flexibility index (Phi) is 5.26. The highest BCUT2D eigenvalue weighted by atomic mass is 16.1. The molecule has 0 heterocycles. The minimum absolute atomic E-state index is 0.194. The van der Waals surface area contributed by atoms with Gasteiger partial charge in [0.05, 0.1) is 0 Å². The standard InChI is InChI=1S/C13H26N2O/c1-5-14-10(3)8-13(16)15-12-7-6-9(2)11(12)4/h9-12,14H,5-8H2,1-4H3,(H,15,16). The molecule has 0 radical (unpaired) electrons. The summed E-state index contributed by atoms with van der Waals surface area (Å²) in [5, 5.41) is 6.43. The lowest BCUT2D eigenvalue weighted by Crippen LogP contribution is -2.40. The first-order valence-electron chi connectivity index (χ1n) is 6.57. The van der Waals surface area contributed by atoms with Crippen molar-refractivity contribution in [3.05, 3.63) is 0 Å². The quantitative estimate of drug-likeness (QED) is 0.752. The van der Waals surface area contributed by atoms with E-state index in [1.807, 2.05) is 0 Å². The lowest BCUT2D eigenvalue weighted by molar-refractivity contribution is -0.122. The molecule has 1 amide bonds. The summed E-state index contributed by atoms with van der Waals surface area (Å²) in [6.45, 7) is 9.57. The summed E-state index contributed by atoms with van der Waals surface area (Å²) in [5.41, 5.74) is 0. The first-order chi connectivity index (χ1) is 7.54. The van der Waals surface area contributed by atoms with Crippen LogP contribution >= 0.6 is 0 Å². The molecule has 2 N–H and O–H groups in total. The molecular weight excluding hydrogens is 200 g/mol. The number of nitrogens with one attached hydrogen (secondary N) is 2. The maximum atomic E-state index is 11.8. The van der Waals surface area contributed by atoms with Crippen molar-refractivity contribution in [3.63, 3.8) is 0 Å². The predicted octanol–water partition coefficient (Wildman–Crippen LogP) is 1.93. The highest BCUT2D eigenvalue weighted by Crippen LogP contribution is 2.31. The smallest absolute Gasteiger partial charge is 0.221 e. The number of rotatable bonds is 5. The number of carbonyl (C=O) groups excluding carboxylic acids is 1. The molecule has 1 fully saturated rings. The molecule has 3 nitrogen and oxygen atoms in total. The number of hydrogen-bond acceptors (Lipinski definition) is 2. The maximum Gasteiger partial charge on any atom is 0.221 e. The van der Waals surface area contributed by atoms with E-state index in [-0.39, 0.29) is 11.9 Å². The SMILES string of the molecule is CCNC(C)CC(=O)NC1CCC(C)C1C. The first-order valence-corrected chi connectivity index (χ1v) is 6.57. The molecule has 0 spiro atoms. The summed E-state index contributed by atoms with van der Waals surface area (Å²) in [5.74, 6) is 1.56. The molecule has 4 atom stereocenters. The molecule has 1 aliphatic rings. The Morgan fingerprint density at radius 3 is 2.56 bits per heavy atom. The van der Waals surface area contributed by atoms with Crippen LogP contribution in [-0.2, 0) is 4.79 Å². The van der Waals surface area contributed by atoms with Gasteiger partial charge in [-0.25, -0.2) is 0 Å². The Labute approximate surface area is 99.4 Å². The normalized spacial score (nSPS) is 31.4. The topological polar surface area (TPSA) is 41.1 Å². The van der Waals surface area contributed by atoms with Gasteiger partial charge < -0.3 is 10.6 Å². The second kappa shape index (κ2) is 6.24. The average molecular weight is 226 g/mol. The lowest BCUT2D eigenvalue weighted by atomic mass is 9.97. The average Bonchev–Trinajstić information content (AvgIpc) is 2.50. The van der Waals surface area contributed by atoms with Gasteiger partial charge in [0, 0.05) is 18.5 Å². The predicted molar refractivity (Wildman–Crippen MR) is 67.2 cm³/mol. The van der Waals surface area contributed by atoms with Gasteiger partial charge in [0.2, 0.25) is 5.91 Å². The van der Waals surface area contributed by atoms with Crippen LogP contribution in [0.5, 0.6) is 0 Å². The van der Waals surface area contributed by atoms with E-state index in [1.165, 1.54) is 6.42 Å². The summed E-state index contributed by atoms with van der Waals surface area (Å²) >= 11 is 0. The van der Waals surface area contributed by atoms with Gasteiger partial charge in [-0.05, 0) is 38.1 Å². The zero-order chi connectivity index (χ0) is 12.1. The van der Waals surface area contributed by atoms with Crippen molar-refractivity contribution in [1.29, 1.82) is 0 Å². The Balaban J connectivity index is 2.29. The molecule has 4 unspecified atom stereocenters. The van der Waals surface area contributed by atoms with Crippen LogP contribution in [-0.4, -0.2) is 24.5 Å². The van der Waals surface area contributed by atoms with Gasteiger partial charge in [-0.1, -0.05) is 20.8 Å². The lowest BCUT2D eigenvalue weighted by Gasteiger charge is -2.21. The van der Waals surface area contributed by atoms with E-state index in [0.29, 0.717) is 18.4 Å². The molecule has 16 heavy (non-hydrogen) atoms. The van der Waals surface area contributed by atoms with Crippen molar-refractivity contribution in [2.75, 3.05) is 6.54 Å². The second-order valence-corrected chi connectivity index (χ2v) is 5.25. The highest BCUT2D eigenvalue weighted by molar-refractivity contribution is 5.76. The van der Waals surface area contributed by atoms with Crippen LogP contribution in [0.2, 0.25) is 0 Å². The van der Waals surface area contributed by atoms with Gasteiger partial charge in [0.15, 0.2) is 0 Å². The number of carbonyl (C=O) groups is 1. The van der Waals surface area contributed by atoms with Crippen LogP contribution in [0.1, 0.15) is 47.0 Å². The van der Waals surface area contributed by atoms with Crippen molar-refractivity contribution in [2.45, 2.75) is 59.0 Å². The molecular formula is C13H26N2O. The molecule has 94 valence electrons. The minimum atomic E-state index is 0.194. The van der Waals surface area contributed by atoms with Gasteiger partial charge in [-0.3, -0.25) is 4.79 Å². The van der Waals surface area contributed by atoms with Crippen molar-refractivity contribution >= 4 is 5.91 Å². The molecule has 0 bridgehead atoms. The summed E-state index contributed by atoms with van der Waals surface area (Å²) in [4.78, 5) is 11.8. The fourth-order valence-electron chi connectivity index (χ4n) is 2.53. The van der Waals surface area contributed by atoms with E-state index in [0.717, 1.165) is 18.9 Å².